The molecule has 11 nitrogen and oxygen atoms in total. The van der Waals surface area contributed by atoms with Crippen LogP contribution >= 0.6 is 0 Å². The van der Waals surface area contributed by atoms with Crippen molar-refractivity contribution in [2.45, 2.75) is 70.1 Å². The van der Waals surface area contributed by atoms with E-state index in [1.165, 1.54) is 30.6 Å². The zero-order chi connectivity index (χ0) is 25.5. The Morgan fingerprint density at radius 3 is 2.41 bits per heavy atom. The first-order valence-corrected chi connectivity index (χ1v) is 11.3. The number of aromatic nitrogens is 2. The van der Waals surface area contributed by atoms with E-state index in [4.69, 9.17) is 25.4 Å². The molecule has 2 atom stereocenters. The largest absolute Gasteiger partial charge is 0.481 e. The van der Waals surface area contributed by atoms with Gasteiger partial charge in [-0.1, -0.05) is 6.08 Å². The molecule has 0 aromatic carbocycles. The summed E-state index contributed by atoms with van der Waals surface area (Å²) < 4.78 is 0. The van der Waals surface area contributed by atoms with E-state index in [-0.39, 0.29) is 0 Å². The molecule has 0 spiro atoms. The van der Waals surface area contributed by atoms with E-state index in [0.29, 0.717) is 12.1 Å². The van der Waals surface area contributed by atoms with Gasteiger partial charge in [-0.15, -0.1) is 6.58 Å². The molecular weight excluding hydrogens is 444 g/mol. The molecule has 0 unspecified atom stereocenters. The van der Waals surface area contributed by atoms with Gasteiger partial charge in [0, 0.05) is 30.5 Å². The molecule has 3 rings (SSSR count). The molecule has 0 bridgehead atoms. The number of aliphatic carboxylic acids is 3. The second-order valence-electron chi connectivity index (χ2n) is 9.10. The van der Waals surface area contributed by atoms with Gasteiger partial charge in [0.05, 0.1) is 12.8 Å². The number of nitrogens with zero attached hydrogens (tertiary/aromatic N) is 3. The van der Waals surface area contributed by atoms with Gasteiger partial charge in [0.2, 0.25) is 5.95 Å². The van der Waals surface area contributed by atoms with E-state index < -0.39 is 36.4 Å². The molecule has 2 heterocycles. The quantitative estimate of drug-likeness (QED) is 0.325. The lowest BCUT2D eigenvalue weighted by Crippen LogP contribution is -2.49. The van der Waals surface area contributed by atoms with Crippen LogP contribution in [-0.4, -0.2) is 84.0 Å². The van der Waals surface area contributed by atoms with Gasteiger partial charge in [0.15, 0.2) is 5.60 Å². The van der Waals surface area contributed by atoms with Crippen molar-refractivity contribution >= 4 is 23.9 Å². The Kier molecular flexibility index (Phi) is 9.51. The topological polar surface area (TPSA) is 173 Å². The number of carbonyl (C=O) groups is 3. The van der Waals surface area contributed by atoms with Crippen LogP contribution in [0, 0.1) is 5.92 Å². The van der Waals surface area contributed by atoms with Gasteiger partial charge in [0.1, 0.15) is 0 Å². The number of likely N-dealkylation sites (tertiary alicyclic amines) is 1. The van der Waals surface area contributed by atoms with Crippen molar-refractivity contribution < 1.29 is 34.8 Å². The SMILES string of the molecule is C=CCN1CCC[C@H]2Cc3nc(NC(C)C)ncc3C[C@@H]21.O=C(O)CC(O)(CC(=O)O)C(=O)O. The summed E-state index contributed by atoms with van der Waals surface area (Å²) in [4.78, 5) is 42.3. The molecule has 1 aromatic rings. The summed E-state index contributed by atoms with van der Waals surface area (Å²) in [5.74, 6) is -3.50. The van der Waals surface area contributed by atoms with Crippen LogP contribution in [0.3, 0.4) is 0 Å². The Morgan fingerprint density at radius 1 is 1.24 bits per heavy atom. The monoisotopic (exact) mass is 478 g/mol. The predicted octanol–water partition coefficient (Wildman–Crippen LogP) is 1.41. The minimum Gasteiger partial charge on any atom is -0.481 e. The van der Waals surface area contributed by atoms with Crippen LogP contribution in [0.1, 0.15) is 50.8 Å². The lowest BCUT2D eigenvalue weighted by Gasteiger charge is -2.43. The lowest BCUT2D eigenvalue weighted by molar-refractivity contribution is -0.170. The summed E-state index contributed by atoms with van der Waals surface area (Å²) in [5, 5.41) is 37.1. The Labute approximate surface area is 198 Å². The van der Waals surface area contributed by atoms with E-state index in [1.54, 1.807) is 0 Å². The minimum atomic E-state index is -2.74. The van der Waals surface area contributed by atoms with Crippen LogP contribution in [0.5, 0.6) is 0 Å². The number of nitrogens with one attached hydrogen (secondary N) is 1. The van der Waals surface area contributed by atoms with Gasteiger partial charge in [-0.25, -0.2) is 14.8 Å². The molecule has 1 saturated heterocycles. The summed E-state index contributed by atoms with van der Waals surface area (Å²) in [5.41, 5.74) is -0.145. The summed E-state index contributed by atoms with van der Waals surface area (Å²) in [7, 11) is 0. The summed E-state index contributed by atoms with van der Waals surface area (Å²) in [6, 6.07) is 1.02. The van der Waals surface area contributed by atoms with Crippen LogP contribution in [0.2, 0.25) is 0 Å². The average molecular weight is 479 g/mol. The number of rotatable bonds is 9. The lowest BCUT2D eigenvalue weighted by atomic mass is 9.77. The van der Waals surface area contributed by atoms with E-state index in [1.807, 2.05) is 12.3 Å². The van der Waals surface area contributed by atoms with Crippen LogP contribution < -0.4 is 5.32 Å². The molecule has 11 heteroatoms. The van der Waals surface area contributed by atoms with Crippen LogP contribution in [0.25, 0.3) is 0 Å². The fourth-order valence-corrected chi connectivity index (χ4v) is 4.44. The van der Waals surface area contributed by atoms with Crippen LogP contribution in [-0.2, 0) is 27.2 Å². The normalized spacial score (nSPS) is 19.8. The first kappa shape index (κ1) is 27.2. The first-order chi connectivity index (χ1) is 15.9. The number of carboxylic acid groups (broad SMARTS) is 3. The smallest absolute Gasteiger partial charge is 0.336 e. The molecule has 5 N–H and O–H groups in total. The number of fused-ring (bicyclic) bond motifs is 2. The third-order valence-corrected chi connectivity index (χ3v) is 5.94. The second kappa shape index (κ2) is 11.9. The van der Waals surface area contributed by atoms with Crippen LogP contribution in [0.4, 0.5) is 5.95 Å². The van der Waals surface area contributed by atoms with Crippen molar-refractivity contribution in [1.82, 2.24) is 14.9 Å². The Hall–Kier alpha value is -3.05. The molecule has 0 amide bonds. The Bertz CT molecular complexity index is 889. The average Bonchev–Trinajstić information content (AvgIpc) is 2.71. The molecule has 2 aliphatic rings. The maximum Gasteiger partial charge on any atom is 0.336 e. The van der Waals surface area contributed by atoms with Crippen LogP contribution in [0.15, 0.2) is 18.9 Å². The van der Waals surface area contributed by atoms with Gasteiger partial charge >= 0.3 is 17.9 Å². The highest BCUT2D eigenvalue weighted by Gasteiger charge is 2.41. The number of hydrogen-bond acceptors (Lipinski definition) is 8. The van der Waals surface area contributed by atoms with E-state index in [9.17, 15) is 14.4 Å². The number of anilines is 1. The van der Waals surface area contributed by atoms with Crippen molar-refractivity contribution in [3.05, 3.63) is 30.1 Å². The Balaban J connectivity index is 0.000000273. The van der Waals surface area contributed by atoms with Crippen molar-refractivity contribution in [3.8, 4) is 0 Å². The van der Waals surface area contributed by atoms with Crippen molar-refractivity contribution in [1.29, 1.82) is 0 Å². The fraction of sp³-hybridized carbons (Fsp3) is 0.609. The molecule has 0 saturated carbocycles. The minimum absolute atomic E-state index is 0.372. The summed E-state index contributed by atoms with van der Waals surface area (Å²) >= 11 is 0. The summed E-state index contributed by atoms with van der Waals surface area (Å²) in [6.45, 7) is 10.3. The first-order valence-electron chi connectivity index (χ1n) is 11.3. The standard InChI is InChI=1S/C17H26N4.C6H8O7/c1-4-7-21-8-5-6-13-9-15-14(10-16(13)21)11-18-17(20-15)19-12(2)3;7-3(8)1-6(13,5(11)12)2-4(9)10/h4,11-13,16H,1,5-10H2,2-3H3,(H,18,19,20);13H,1-2H2,(H,7,8)(H,9,10)(H,11,12)/t13-,16-;/m0./s1. The molecule has 188 valence electrons. The Morgan fingerprint density at radius 2 is 1.88 bits per heavy atom. The van der Waals surface area contributed by atoms with Gasteiger partial charge in [-0.3, -0.25) is 14.5 Å². The van der Waals surface area contributed by atoms with E-state index in [2.05, 4.69) is 35.6 Å². The highest BCUT2D eigenvalue weighted by molar-refractivity contribution is 5.88. The zero-order valence-electron chi connectivity index (χ0n) is 19.6. The van der Waals surface area contributed by atoms with Crippen molar-refractivity contribution in [2.75, 3.05) is 18.4 Å². The molecule has 1 fully saturated rings. The zero-order valence-corrected chi connectivity index (χ0v) is 19.6. The van der Waals surface area contributed by atoms with E-state index in [0.717, 1.165) is 31.3 Å². The van der Waals surface area contributed by atoms with Crippen molar-refractivity contribution in [2.24, 2.45) is 5.92 Å². The second-order valence-corrected chi connectivity index (χ2v) is 9.10. The molecule has 1 aromatic heterocycles. The molecule has 0 radical (unpaired) electrons. The highest BCUT2D eigenvalue weighted by Crippen LogP contribution is 2.34. The van der Waals surface area contributed by atoms with Crippen molar-refractivity contribution in [3.63, 3.8) is 0 Å². The number of hydrogen-bond donors (Lipinski definition) is 5. The van der Waals surface area contributed by atoms with Gasteiger partial charge in [-0.2, -0.15) is 0 Å². The van der Waals surface area contributed by atoms with E-state index >= 15 is 0 Å². The highest BCUT2D eigenvalue weighted by atomic mass is 16.4. The van der Waals surface area contributed by atoms with Gasteiger partial charge < -0.3 is 25.7 Å². The fourth-order valence-electron chi connectivity index (χ4n) is 4.44. The molecule has 34 heavy (non-hydrogen) atoms. The molecule has 1 aliphatic carbocycles. The maximum atomic E-state index is 10.3. The third kappa shape index (κ3) is 7.49. The van der Waals surface area contributed by atoms with Gasteiger partial charge in [0.25, 0.3) is 0 Å². The molecular formula is C23H34N4O7. The molecule has 1 aliphatic heterocycles. The van der Waals surface area contributed by atoms with Gasteiger partial charge in [-0.05, 0) is 57.6 Å². The predicted molar refractivity (Wildman–Crippen MR) is 124 cm³/mol. The number of aliphatic hydroxyl groups is 1. The summed E-state index contributed by atoms with van der Waals surface area (Å²) in [6.07, 6.45) is 6.59. The third-order valence-electron chi connectivity index (χ3n) is 5.94. The maximum absolute atomic E-state index is 10.3. The number of carboxylic acids is 3. The number of piperidine rings is 1.